The van der Waals surface area contributed by atoms with Crippen molar-refractivity contribution in [1.82, 2.24) is 5.32 Å². The first-order chi connectivity index (χ1) is 9.42. The van der Waals surface area contributed by atoms with Crippen molar-refractivity contribution in [2.45, 2.75) is 18.4 Å². The predicted octanol–water partition coefficient (Wildman–Crippen LogP) is 1.87. The van der Waals surface area contributed by atoms with Gasteiger partial charge in [0.1, 0.15) is 9.84 Å². The summed E-state index contributed by atoms with van der Waals surface area (Å²) in [6.45, 7) is 4.44. The van der Waals surface area contributed by atoms with E-state index in [1.807, 2.05) is 6.07 Å². The SMILES string of the molecule is COCCNCc1ccc(SCCS(C)(=O)=O)cc1C. The third-order valence-electron chi connectivity index (χ3n) is 2.84. The van der Waals surface area contributed by atoms with Gasteiger partial charge in [-0.1, -0.05) is 6.07 Å². The summed E-state index contributed by atoms with van der Waals surface area (Å²) in [4.78, 5) is 1.12. The van der Waals surface area contributed by atoms with Crippen molar-refractivity contribution in [2.75, 3.05) is 38.0 Å². The summed E-state index contributed by atoms with van der Waals surface area (Å²) in [5.41, 5.74) is 2.48. The molecule has 0 fully saturated rings. The Hall–Kier alpha value is -0.560. The first-order valence-electron chi connectivity index (χ1n) is 6.52. The van der Waals surface area contributed by atoms with Gasteiger partial charge in [0, 0.05) is 37.1 Å². The van der Waals surface area contributed by atoms with E-state index in [2.05, 4.69) is 24.4 Å². The molecule has 0 unspecified atom stereocenters. The van der Waals surface area contributed by atoms with E-state index in [-0.39, 0.29) is 5.75 Å². The van der Waals surface area contributed by atoms with Gasteiger partial charge in [0.25, 0.3) is 0 Å². The number of benzene rings is 1. The van der Waals surface area contributed by atoms with E-state index in [9.17, 15) is 8.42 Å². The second kappa shape index (κ2) is 8.67. The first-order valence-corrected chi connectivity index (χ1v) is 9.56. The maximum Gasteiger partial charge on any atom is 0.148 e. The lowest BCUT2D eigenvalue weighted by atomic mass is 10.1. The molecule has 0 aromatic heterocycles. The van der Waals surface area contributed by atoms with Crippen molar-refractivity contribution in [3.05, 3.63) is 29.3 Å². The van der Waals surface area contributed by atoms with Crippen molar-refractivity contribution < 1.29 is 13.2 Å². The van der Waals surface area contributed by atoms with Crippen LogP contribution in [0.3, 0.4) is 0 Å². The van der Waals surface area contributed by atoms with Crippen LogP contribution in [0.15, 0.2) is 23.1 Å². The monoisotopic (exact) mass is 317 g/mol. The smallest absolute Gasteiger partial charge is 0.148 e. The predicted molar refractivity (Wildman–Crippen MR) is 85.2 cm³/mol. The Morgan fingerprint density at radius 2 is 2.10 bits per heavy atom. The number of sulfone groups is 1. The molecule has 0 spiro atoms. The summed E-state index contributed by atoms with van der Waals surface area (Å²) < 4.78 is 27.2. The highest BCUT2D eigenvalue weighted by Gasteiger charge is 2.04. The Kier molecular flexibility index (Phi) is 7.58. The Balaban J connectivity index is 2.46. The molecular formula is C14H23NO3S2. The van der Waals surface area contributed by atoms with Gasteiger partial charge in [-0.25, -0.2) is 8.42 Å². The van der Waals surface area contributed by atoms with Gasteiger partial charge in [0.15, 0.2) is 0 Å². The average molecular weight is 317 g/mol. The van der Waals surface area contributed by atoms with E-state index in [0.717, 1.165) is 18.0 Å². The standard InChI is InChI=1S/C14H23NO3S2/c1-12-10-14(19-8-9-20(3,16)17)5-4-13(12)11-15-6-7-18-2/h4-5,10,15H,6-9,11H2,1-3H3. The van der Waals surface area contributed by atoms with Gasteiger partial charge in [0.05, 0.1) is 12.4 Å². The number of rotatable bonds is 9. The zero-order chi connectivity index (χ0) is 15.0. The van der Waals surface area contributed by atoms with Crippen molar-refractivity contribution in [3.63, 3.8) is 0 Å². The molecule has 0 radical (unpaired) electrons. The molecule has 0 saturated heterocycles. The number of thioether (sulfide) groups is 1. The number of hydrogen-bond acceptors (Lipinski definition) is 5. The van der Waals surface area contributed by atoms with Crippen LogP contribution in [0.1, 0.15) is 11.1 Å². The van der Waals surface area contributed by atoms with Crippen LogP contribution in [-0.4, -0.2) is 46.4 Å². The highest BCUT2D eigenvalue weighted by atomic mass is 32.2. The summed E-state index contributed by atoms with van der Waals surface area (Å²) in [6, 6.07) is 6.26. The van der Waals surface area contributed by atoms with Gasteiger partial charge < -0.3 is 10.1 Å². The lowest BCUT2D eigenvalue weighted by molar-refractivity contribution is 0.199. The molecule has 6 heteroatoms. The van der Waals surface area contributed by atoms with E-state index in [0.29, 0.717) is 12.4 Å². The third kappa shape index (κ3) is 7.28. The van der Waals surface area contributed by atoms with Gasteiger partial charge in [-0.2, -0.15) is 0 Å². The minimum absolute atomic E-state index is 0.219. The molecular weight excluding hydrogens is 294 g/mol. The van der Waals surface area contributed by atoms with E-state index < -0.39 is 9.84 Å². The third-order valence-corrected chi connectivity index (χ3v) is 5.03. The zero-order valence-electron chi connectivity index (χ0n) is 12.3. The number of aryl methyl sites for hydroxylation is 1. The van der Waals surface area contributed by atoms with E-state index in [1.165, 1.54) is 17.4 Å². The lowest BCUT2D eigenvalue weighted by Crippen LogP contribution is -2.19. The van der Waals surface area contributed by atoms with Crippen LogP contribution in [0.2, 0.25) is 0 Å². The van der Waals surface area contributed by atoms with Crippen LogP contribution >= 0.6 is 11.8 Å². The van der Waals surface area contributed by atoms with Crippen LogP contribution in [0.5, 0.6) is 0 Å². The fourth-order valence-corrected chi connectivity index (χ4v) is 3.87. The van der Waals surface area contributed by atoms with Crippen molar-refractivity contribution in [2.24, 2.45) is 0 Å². The topological polar surface area (TPSA) is 55.4 Å². The molecule has 1 aromatic carbocycles. The minimum atomic E-state index is -2.87. The van der Waals surface area contributed by atoms with Crippen LogP contribution in [-0.2, 0) is 21.1 Å². The molecule has 1 N–H and O–H groups in total. The summed E-state index contributed by atoms with van der Waals surface area (Å²) in [5.74, 6) is 0.820. The summed E-state index contributed by atoms with van der Waals surface area (Å²) in [6.07, 6.45) is 1.27. The Bertz CT molecular complexity index is 515. The molecule has 1 rings (SSSR count). The maximum absolute atomic E-state index is 11.1. The van der Waals surface area contributed by atoms with E-state index in [1.54, 1.807) is 18.9 Å². The molecule has 1 aromatic rings. The summed E-state index contributed by atoms with van der Waals surface area (Å²) in [7, 11) is -1.18. The molecule has 114 valence electrons. The lowest BCUT2D eigenvalue weighted by Gasteiger charge is -2.09. The van der Waals surface area contributed by atoms with Crippen molar-refractivity contribution in [3.8, 4) is 0 Å². The van der Waals surface area contributed by atoms with Crippen molar-refractivity contribution in [1.29, 1.82) is 0 Å². The summed E-state index contributed by atoms with van der Waals surface area (Å²) >= 11 is 1.58. The number of methoxy groups -OCH3 is 1. The molecule has 0 saturated carbocycles. The van der Waals surface area contributed by atoms with Gasteiger partial charge in [-0.15, -0.1) is 11.8 Å². The molecule has 0 amide bonds. The van der Waals surface area contributed by atoms with Gasteiger partial charge in [0.2, 0.25) is 0 Å². The van der Waals surface area contributed by atoms with Gasteiger partial charge in [-0.3, -0.25) is 0 Å². The summed E-state index contributed by atoms with van der Waals surface area (Å²) in [5, 5.41) is 3.31. The second-order valence-corrected chi connectivity index (χ2v) is 8.16. The highest BCUT2D eigenvalue weighted by Crippen LogP contribution is 2.21. The van der Waals surface area contributed by atoms with E-state index >= 15 is 0 Å². The Morgan fingerprint density at radius 1 is 1.35 bits per heavy atom. The molecule has 0 aliphatic carbocycles. The molecule has 0 bridgehead atoms. The van der Waals surface area contributed by atoms with Crippen LogP contribution in [0, 0.1) is 6.92 Å². The molecule has 0 atom stereocenters. The fraction of sp³-hybridized carbons (Fsp3) is 0.571. The minimum Gasteiger partial charge on any atom is -0.383 e. The zero-order valence-corrected chi connectivity index (χ0v) is 13.9. The number of ether oxygens (including phenoxy) is 1. The normalized spacial score (nSPS) is 11.8. The first kappa shape index (κ1) is 17.5. The molecule has 0 heterocycles. The fourth-order valence-electron chi connectivity index (χ4n) is 1.66. The second-order valence-electron chi connectivity index (χ2n) is 4.74. The molecule has 0 aliphatic rings. The van der Waals surface area contributed by atoms with E-state index in [4.69, 9.17) is 4.74 Å². The van der Waals surface area contributed by atoms with Crippen LogP contribution < -0.4 is 5.32 Å². The number of hydrogen-bond donors (Lipinski definition) is 1. The number of nitrogens with one attached hydrogen (secondary N) is 1. The highest BCUT2D eigenvalue weighted by molar-refractivity contribution is 8.00. The molecule has 20 heavy (non-hydrogen) atoms. The maximum atomic E-state index is 11.1. The average Bonchev–Trinajstić information content (AvgIpc) is 2.35. The quantitative estimate of drug-likeness (QED) is 0.556. The van der Waals surface area contributed by atoms with Crippen LogP contribution in [0.4, 0.5) is 0 Å². The van der Waals surface area contributed by atoms with Gasteiger partial charge in [-0.05, 0) is 30.2 Å². The van der Waals surface area contributed by atoms with Gasteiger partial charge >= 0.3 is 0 Å². The largest absolute Gasteiger partial charge is 0.383 e. The molecule has 4 nitrogen and oxygen atoms in total. The molecule has 0 aliphatic heterocycles. The van der Waals surface area contributed by atoms with Crippen LogP contribution in [0.25, 0.3) is 0 Å². The Labute approximate surface area is 126 Å². The van der Waals surface area contributed by atoms with Crippen molar-refractivity contribution >= 4 is 21.6 Å². The Morgan fingerprint density at radius 3 is 2.70 bits per heavy atom.